The number of carbonyl (C=O) groups excluding carboxylic acids is 1. The number of aromatic carboxylic acids is 1. The number of fused-ring (bicyclic) bond motifs is 1. The Labute approximate surface area is 223 Å². The molecule has 6 nitrogen and oxygen atoms in total. The Hall–Kier alpha value is -4.06. The van der Waals surface area contributed by atoms with Gasteiger partial charge in [-0.05, 0) is 71.8 Å². The smallest absolute Gasteiger partial charge is 0.335 e. The van der Waals surface area contributed by atoms with Crippen LogP contribution in [0.5, 0.6) is 5.75 Å². The fourth-order valence-corrected chi connectivity index (χ4v) is 5.52. The van der Waals surface area contributed by atoms with Crippen LogP contribution in [0.2, 0.25) is 0 Å². The number of likely N-dealkylation sites (N-methyl/N-ethyl adjacent to an activating group) is 1. The van der Waals surface area contributed by atoms with E-state index in [9.17, 15) is 14.7 Å². The van der Waals surface area contributed by atoms with E-state index in [0.29, 0.717) is 12.5 Å². The first kappa shape index (κ1) is 25.6. The van der Waals surface area contributed by atoms with Crippen LogP contribution in [0, 0.1) is 0 Å². The number of nitrogens with zero attached hydrogens (tertiary/aromatic N) is 2. The van der Waals surface area contributed by atoms with Crippen molar-refractivity contribution in [1.29, 1.82) is 0 Å². The van der Waals surface area contributed by atoms with Crippen LogP contribution in [0.15, 0.2) is 72.8 Å². The summed E-state index contributed by atoms with van der Waals surface area (Å²) in [6.45, 7) is 0.629. The van der Waals surface area contributed by atoms with Crippen molar-refractivity contribution in [2.45, 2.75) is 51.2 Å². The molecule has 1 aromatic heterocycles. The number of ether oxygens (including phenoxy) is 1. The molecule has 0 unspecified atom stereocenters. The molecule has 1 fully saturated rings. The normalized spacial score (nSPS) is 13.9. The van der Waals surface area contributed by atoms with Crippen molar-refractivity contribution in [3.63, 3.8) is 0 Å². The predicted octanol–water partition coefficient (Wildman–Crippen LogP) is 6.72. The van der Waals surface area contributed by atoms with Crippen LogP contribution in [0.25, 0.3) is 22.2 Å². The molecule has 6 heteroatoms. The molecule has 1 heterocycles. The van der Waals surface area contributed by atoms with E-state index in [1.54, 1.807) is 31.1 Å². The van der Waals surface area contributed by atoms with E-state index in [4.69, 9.17) is 4.74 Å². The van der Waals surface area contributed by atoms with E-state index in [1.807, 2.05) is 53.1 Å². The summed E-state index contributed by atoms with van der Waals surface area (Å²) in [4.78, 5) is 26.4. The minimum absolute atomic E-state index is 0.0399. The van der Waals surface area contributed by atoms with Crippen LogP contribution < -0.4 is 4.74 Å². The zero-order chi connectivity index (χ0) is 26.6. The maximum atomic E-state index is 13.0. The zero-order valence-electron chi connectivity index (χ0n) is 22.0. The molecule has 3 aromatic carbocycles. The Morgan fingerprint density at radius 1 is 0.947 bits per heavy atom. The molecule has 0 aliphatic heterocycles. The van der Waals surface area contributed by atoms with Crippen LogP contribution in [0.1, 0.15) is 59.5 Å². The predicted molar refractivity (Wildman–Crippen MR) is 150 cm³/mol. The van der Waals surface area contributed by atoms with E-state index in [-0.39, 0.29) is 18.0 Å². The van der Waals surface area contributed by atoms with Crippen LogP contribution in [-0.2, 0) is 17.9 Å². The summed E-state index contributed by atoms with van der Waals surface area (Å²) in [6, 6.07) is 23.4. The van der Waals surface area contributed by atoms with Gasteiger partial charge in [0.15, 0.2) is 0 Å². The van der Waals surface area contributed by atoms with Crippen molar-refractivity contribution in [2.75, 3.05) is 14.1 Å². The van der Waals surface area contributed by atoms with Gasteiger partial charge in [0, 0.05) is 19.5 Å². The van der Waals surface area contributed by atoms with Gasteiger partial charge in [-0.15, -0.1) is 0 Å². The molecule has 0 radical (unpaired) electrons. The number of hydrogen-bond donors (Lipinski definition) is 1. The molecule has 0 spiro atoms. The fraction of sp³-hybridized carbons (Fsp3) is 0.312. The summed E-state index contributed by atoms with van der Waals surface area (Å²) in [5, 5.41) is 10.7. The molecule has 0 atom stereocenters. The Morgan fingerprint density at radius 3 is 2.32 bits per heavy atom. The molecule has 1 aliphatic carbocycles. The van der Waals surface area contributed by atoms with Crippen molar-refractivity contribution in [2.24, 2.45) is 0 Å². The third kappa shape index (κ3) is 5.30. The van der Waals surface area contributed by atoms with E-state index < -0.39 is 5.97 Å². The highest BCUT2D eigenvalue weighted by Crippen LogP contribution is 2.44. The number of rotatable bonds is 8. The average molecular weight is 511 g/mol. The van der Waals surface area contributed by atoms with Crippen molar-refractivity contribution < 1.29 is 19.4 Å². The summed E-state index contributed by atoms with van der Waals surface area (Å²) < 4.78 is 8.05. The number of carbonyl (C=O) groups is 2. The second-order valence-corrected chi connectivity index (χ2v) is 10.3. The number of amides is 1. The molecule has 4 aromatic rings. The largest absolute Gasteiger partial charge is 0.489 e. The van der Waals surface area contributed by atoms with Gasteiger partial charge in [-0.25, -0.2) is 4.79 Å². The van der Waals surface area contributed by atoms with Gasteiger partial charge in [0.25, 0.3) is 0 Å². The lowest BCUT2D eigenvalue weighted by molar-refractivity contribution is -0.129. The van der Waals surface area contributed by atoms with Crippen LogP contribution >= 0.6 is 0 Å². The number of carboxylic acid groups (broad SMARTS) is 1. The van der Waals surface area contributed by atoms with Crippen LogP contribution in [0.3, 0.4) is 0 Å². The SMILES string of the molecule is CN(C)C(=O)Cn1c(-c2ccc(OCc3ccccc3)cc2)c(C2CCCCC2)c2ccc(C(=O)O)cc21. The first-order chi connectivity index (χ1) is 18.4. The molecule has 0 saturated heterocycles. The molecule has 1 N–H and O–H groups in total. The van der Waals surface area contributed by atoms with E-state index in [0.717, 1.165) is 46.3 Å². The lowest BCUT2D eigenvalue weighted by atomic mass is 9.82. The van der Waals surface area contributed by atoms with Crippen LogP contribution in [0.4, 0.5) is 0 Å². The molecular formula is C32H34N2O4. The average Bonchev–Trinajstić information content (AvgIpc) is 3.26. The lowest BCUT2D eigenvalue weighted by Crippen LogP contribution is -2.26. The summed E-state index contributed by atoms with van der Waals surface area (Å²) in [5.41, 5.74) is 5.34. The summed E-state index contributed by atoms with van der Waals surface area (Å²) >= 11 is 0. The number of carboxylic acids is 1. The third-order valence-electron chi connectivity index (χ3n) is 7.53. The molecule has 196 valence electrons. The standard InChI is InChI=1S/C32H34N2O4/c1-33(2)29(35)20-34-28-19-25(32(36)37)15-18-27(28)30(23-11-7-4-8-12-23)31(34)24-13-16-26(17-14-24)38-21-22-9-5-3-6-10-22/h3,5-6,9-10,13-19,23H,4,7-8,11-12,20-21H2,1-2H3,(H,36,37). The van der Waals surface area contributed by atoms with Crippen molar-refractivity contribution in [3.05, 3.63) is 89.5 Å². The number of benzene rings is 3. The quantitative estimate of drug-likeness (QED) is 0.286. The Balaban J connectivity index is 1.62. The van der Waals surface area contributed by atoms with E-state index >= 15 is 0 Å². The molecule has 5 rings (SSSR count). The van der Waals surface area contributed by atoms with Gasteiger partial charge < -0.3 is 19.3 Å². The Kier molecular flexibility index (Phi) is 7.50. The van der Waals surface area contributed by atoms with Gasteiger partial charge in [0.05, 0.1) is 16.8 Å². The lowest BCUT2D eigenvalue weighted by Gasteiger charge is -2.24. The van der Waals surface area contributed by atoms with E-state index in [2.05, 4.69) is 12.1 Å². The van der Waals surface area contributed by atoms with Gasteiger partial charge in [0.1, 0.15) is 18.9 Å². The minimum atomic E-state index is -0.973. The molecule has 1 saturated carbocycles. The molecule has 1 amide bonds. The fourth-order valence-electron chi connectivity index (χ4n) is 5.52. The zero-order valence-corrected chi connectivity index (χ0v) is 22.0. The Bertz CT molecular complexity index is 1430. The topological polar surface area (TPSA) is 71.8 Å². The van der Waals surface area contributed by atoms with Crippen molar-refractivity contribution in [1.82, 2.24) is 9.47 Å². The number of aromatic nitrogens is 1. The van der Waals surface area contributed by atoms with Gasteiger partial charge in [-0.1, -0.05) is 55.7 Å². The van der Waals surface area contributed by atoms with Crippen LogP contribution in [-0.4, -0.2) is 40.5 Å². The third-order valence-corrected chi connectivity index (χ3v) is 7.53. The molecule has 38 heavy (non-hydrogen) atoms. The maximum absolute atomic E-state index is 13.0. The van der Waals surface area contributed by atoms with Gasteiger partial charge in [-0.2, -0.15) is 0 Å². The monoisotopic (exact) mass is 510 g/mol. The first-order valence-corrected chi connectivity index (χ1v) is 13.3. The maximum Gasteiger partial charge on any atom is 0.335 e. The molecular weight excluding hydrogens is 476 g/mol. The second kappa shape index (κ2) is 11.1. The first-order valence-electron chi connectivity index (χ1n) is 13.3. The highest BCUT2D eigenvalue weighted by Gasteiger charge is 2.28. The summed E-state index contributed by atoms with van der Waals surface area (Å²) in [6.07, 6.45) is 5.76. The number of hydrogen-bond acceptors (Lipinski definition) is 3. The molecule has 1 aliphatic rings. The minimum Gasteiger partial charge on any atom is -0.489 e. The summed E-state index contributed by atoms with van der Waals surface area (Å²) in [5.74, 6) is 0.125. The van der Waals surface area contributed by atoms with Gasteiger partial charge in [0.2, 0.25) is 5.91 Å². The summed E-state index contributed by atoms with van der Waals surface area (Å²) in [7, 11) is 3.49. The second-order valence-electron chi connectivity index (χ2n) is 10.3. The molecule has 0 bridgehead atoms. The van der Waals surface area contributed by atoms with Crippen molar-refractivity contribution in [3.8, 4) is 17.0 Å². The van der Waals surface area contributed by atoms with Crippen molar-refractivity contribution >= 4 is 22.8 Å². The van der Waals surface area contributed by atoms with E-state index in [1.165, 1.54) is 24.8 Å². The Morgan fingerprint density at radius 2 is 1.66 bits per heavy atom. The van der Waals surface area contributed by atoms with Gasteiger partial charge in [-0.3, -0.25) is 4.79 Å². The highest BCUT2D eigenvalue weighted by molar-refractivity contribution is 5.99. The van der Waals surface area contributed by atoms with Gasteiger partial charge >= 0.3 is 5.97 Å². The highest BCUT2D eigenvalue weighted by atomic mass is 16.5.